The third kappa shape index (κ3) is 3.42. The Morgan fingerprint density at radius 3 is 2.20 bits per heavy atom. The van der Waals surface area contributed by atoms with E-state index in [1.54, 1.807) is 79.9 Å². The van der Waals surface area contributed by atoms with Crippen LogP contribution in [0.25, 0.3) is 0 Å². The first-order valence-electron chi connectivity index (χ1n) is 9.52. The van der Waals surface area contributed by atoms with E-state index in [0.717, 1.165) is 4.90 Å². The van der Waals surface area contributed by atoms with E-state index in [9.17, 15) is 14.7 Å². The largest absolute Gasteiger partial charge is 0.497 e. The third-order valence-corrected chi connectivity index (χ3v) is 5.23. The van der Waals surface area contributed by atoms with Crippen LogP contribution in [-0.2, 0) is 10.5 Å². The zero-order valence-corrected chi connectivity index (χ0v) is 16.4. The molecule has 0 unspecified atom stereocenters. The predicted octanol–water partition coefficient (Wildman–Crippen LogP) is 3.92. The molecule has 30 heavy (non-hydrogen) atoms. The number of nitrogens with zero attached hydrogens (tertiary/aromatic N) is 1. The van der Waals surface area contributed by atoms with Gasteiger partial charge in [0.1, 0.15) is 5.75 Å². The van der Waals surface area contributed by atoms with Gasteiger partial charge in [0.2, 0.25) is 5.72 Å². The molecule has 1 fully saturated rings. The first-order chi connectivity index (χ1) is 14.5. The summed E-state index contributed by atoms with van der Waals surface area (Å²) in [5.74, 6) is 0.301. The summed E-state index contributed by atoms with van der Waals surface area (Å²) in [6.45, 7) is -0.333. The fraction of sp³-hybridized carbons (Fsp3) is 0.167. The van der Waals surface area contributed by atoms with Crippen molar-refractivity contribution in [1.29, 1.82) is 0 Å². The van der Waals surface area contributed by atoms with Gasteiger partial charge < -0.3 is 14.6 Å². The van der Waals surface area contributed by atoms with Crippen molar-refractivity contribution in [1.82, 2.24) is 4.90 Å². The Morgan fingerprint density at radius 2 is 1.60 bits per heavy atom. The van der Waals surface area contributed by atoms with Crippen molar-refractivity contribution in [2.45, 2.75) is 11.8 Å². The van der Waals surface area contributed by atoms with Gasteiger partial charge in [0.15, 0.2) is 11.9 Å². The number of hydrogen-bond donors (Lipinski definition) is 1. The van der Waals surface area contributed by atoms with Crippen LogP contribution in [0.15, 0.2) is 84.9 Å². The zero-order chi connectivity index (χ0) is 21.1. The van der Waals surface area contributed by atoms with Gasteiger partial charge in [-0.05, 0) is 29.8 Å². The number of benzene rings is 3. The zero-order valence-electron chi connectivity index (χ0n) is 16.4. The topological polar surface area (TPSA) is 76.1 Å². The highest BCUT2D eigenvalue weighted by Gasteiger charge is 2.56. The molecule has 1 N–H and O–H groups in total. The SMILES string of the molecule is COc1ccc(C(=O)CN2C(=O)O[C@@H](c3ccccc3)[C@@]2(O)c2ccccc2)cc1. The average molecular weight is 403 g/mol. The number of amides is 1. The number of ketones is 1. The van der Waals surface area contributed by atoms with E-state index < -0.39 is 17.9 Å². The van der Waals surface area contributed by atoms with Gasteiger partial charge in [-0.3, -0.25) is 9.69 Å². The van der Waals surface area contributed by atoms with E-state index in [-0.39, 0.29) is 12.3 Å². The fourth-order valence-electron chi connectivity index (χ4n) is 3.64. The lowest BCUT2D eigenvalue weighted by atomic mass is 9.91. The van der Waals surface area contributed by atoms with E-state index in [1.807, 2.05) is 12.1 Å². The molecule has 0 bridgehead atoms. The van der Waals surface area contributed by atoms with Gasteiger partial charge in [-0.1, -0.05) is 60.7 Å². The minimum Gasteiger partial charge on any atom is -0.497 e. The molecule has 1 aliphatic heterocycles. The normalized spacial score (nSPS) is 20.7. The summed E-state index contributed by atoms with van der Waals surface area (Å²) in [6.07, 6.45) is -1.73. The predicted molar refractivity (Wildman–Crippen MR) is 110 cm³/mol. The van der Waals surface area contributed by atoms with Crippen LogP contribution in [-0.4, -0.2) is 35.5 Å². The van der Waals surface area contributed by atoms with Crippen LogP contribution < -0.4 is 4.74 Å². The fourth-order valence-corrected chi connectivity index (χ4v) is 3.64. The highest BCUT2D eigenvalue weighted by Crippen LogP contribution is 2.46. The third-order valence-electron chi connectivity index (χ3n) is 5.23. The van der Waals surface area contributed by atoms with Gasteiger partial charge in [0, 0.05) is 11.1 Å². The van der Waals surface area contributed by atoms with Crippen molar-refractivity contribution in [3.63, 3.8) is 0 Å². The van der Waals surface area contributed by atoms with Crippen molar-refractivity contribution in [2.75, 3.05) is 13.7 Å². The van der Waals surface area contributed by atoms with Crippen molar-refractivity contribution >= 4 is 11.9 Å². The van der Waals surface area contributed by atoms with E-state index in [2.05, 4.69) is 0 Å². The monoisotopic (exact) mass is 403 g/mol. The molecular weight excluding hydrogens is 382 g/mol. The Hall–Kier alpha value is -3.64. The molecule has 1 amide bonds. The number of rotatable bonds is 6. The number of carbonyl (C=O) groups is 2. The van der Waals surface area contributed by atoms with Gasteiger partial charge in [0.05, 0.1) is 13.7 Å². The molecule has 6 nitrogen and oxygen atoms in total. The van der Waals surface area contributed by atoms with Gasteiger partial charge in [0.25, 0.3) is 0 Å². The summed E-state index contributed by atoms with van der Waals surface area (Å²) in [4.78, 5) is 26.8. The molecular formula is C24H21NO5. The van der Waals surface area contributed by atoms with Crippen LogP contribution in [0.3, 0.4) is 0 Å². The number of Topliss-reactive ketones (excluding diaryl/α,β-unsaturated/α-hetero) is 1. The molecule has 0 spiro atoms. The average Bonchev–Trinajstić information content (AvgIpc) is 3.06. The molecule has 0 aromatic heterocycles. The quantitative estimate of drug-likeness (QED) is 0.632. The summed E-state index contributed by atoms with van der Waals surface area (Å²) >= 11 is 0. The van der Waals surface area contributed by atoms with Gasteiger partial charge in [-0.15, -0.1) is 0 Å². The van der Waals surface area contributed by atoms with Crippen molar-refractivity contribution in [3.8, 4) is 5.75 Å². The van der Waals surface area contributed by atoms with E-state index >= 15 is 0 Å². The van der Waals surface area contributed by atoms with Gasteiger partial charge in [-0.2, -0.15) is 0 Å². The Bertz CT molecular complexity index is 1040. The minimum atomic E-state index is -1.83. The molecule has 1 heterocycles. The second-order valence-corrected chi connectivity index (χ2v) is 7.00. The number of carbonyl (C=O) groups excluding carboxylic acids is 2. The Labute approximate surface area is 174 Å². The van der Waals surface area contributed by atoms with E-state index in [1.165, 1.54) is 0 Å². The maximum Gasteiger partial charge on any atom is 0.413 e. The maximum absolute atomic E-state index is 12.9. The maximum atomic E-state index is 12.9. The van der Waals surface area contributed by atoms with Crippen LogP contribution >= 0.6 is 0 Å². The summed E-state index contributed by atoms with van der Waals surface area (Å²) < 4.78 is 10.7. The second-order valence-electron chi connectivity index (χ2n) is 7.00. The first-order valence-corrected chi connectivity index (χ1v) is 9.52. The number of methoxy groups -OCH3 is 1. The first kappa shape index (κ1) is 19.7. The smallest absolute Gasteiger partial charge is 0.413 e. The summed E-state index contributed by atoms with van der Waals surface area (Å²) in [6, 6.07) is 24.4. The number of hydrogen-bond acceptors (Lipinski definition) is 5. The van der Waals surface area contributed by atoms with Crippen LogP contribution in [0.2, 0.25) is 0 Å². The Kier molecular flexibility index (Phi) is 5.25. The molecule has 3 aromatic carbocycles. The van der Waals surface area contributed by atoms with Crippen LogP contribution in [0.5, 0.6) is 5.75 Å². The molecule has 6 heteroatoms. The lowest BCUT2D eigenvalue weighted by Gasteiger charge is -2.34. The highest BCUT2D eigenvalue weighted by molar-refractivity contribution is 5.99. The minimum absolute atomic E-state index is 0.322. The van der Waals surface area contributed by atoms with Crippen LogP contribution in [0.4, 0.5) is 4.79 Å². The molecule has 152 valence electrons. The molecule has 1 saturated heterocycles. The molecule has 1 aliphatic rings. The molecule has 0 aliphatic carbocycles. The summed E-state index contributed by atoms with van der Waals surface area (Å²) in [7, 11) is 1.54. The molecule has 2 atom stereocenters. The molecule has 0 saturated carbocycles. The highest BCUT2D eigenvalue weighted by atomic mass is 16.6. The summed E-state index contributed by atoms with van der Waals surface area (Å²) in [5, 5.41) is 11.8. The Balaban J connectivity index is 1.71. The van der Waals surface area contributed by atoms with Crippen molar-refractivity contribution < 1.29 is 24.2 Å². The van der Waals surface area contributed by atoms with E-state index in [4.69, 9.17) is 9.47 Å². The van der Waals surface area contributed by atoms with Crippen LogP contribution in [0, 0.1) is 0 Å². The summed E-state index contributed by atoms with van der Waals surface area (Å²) in [5.41, 5.74) is -0.326. The van der Waals surface area contributed by atoms with Gasteiger partial charge in [-0.25, -0.2) is 4.79 Å². The number of aliphatic hydroxyl groups is 1. The van der Waals surface area contributed by atoms with Crippen molar-refractivity contribution in [3.05, 3.63) is 102 Å². The second kappa shape index (κ2) is 8.00. The number of cyclic esters (lactones) is 1. The molecule has 4 rings (SSSR count). The lowest BCUT2D eigenvalue weighted by molar-refractivity contribution is -0.106. The number of ether oxygens (including phenoxy) is 2. The molecule has 0 radical (unpaired) electrons. The molecule has 3 aromatic rings. The lowest BCUT2D eigenvalue weighted by Crippen LogP contribution is -2.48. The Morgan fingerprint density at radius 1 is 1.00 bits per heavy atom. The standard InChI is InChI=1S/C24H21NO5/c1-29-20-14-12-17(13-15-20)21(26)16-25-23(27)30-22(18-8-4-2-5-9-18)24(25,28)19-10-6-3-7-11-19/h2-15,22,28H,16H2,1H3/t22-,24-/m0/s1. The van der Waals surface area contributed by atoms with Gasteiger partial charge >= 0.3 is 6.09 Å². The van der Waals surface area contributed by atoms with Crippen molar-refractivity contribution in [2.24, 2.45) is 0 Å². The van der Waals surface area contributed by atoms with E-state index in [0.29, 0.717) is 22.4 Å². The van der Waals surface area contributed by atoms with Crippen LogP contribution in [0.1, 0.15) is 27.6 Å².